The zero-order chi connectivity index (χ0) is 12.3. The van der Waals surface area contributed by atoms with Gasteiger partial charge in [0.05, 0.1) is 0 Å². The van der Waals surface area contributed by atoms with E-state index in [4.69, 9.17) is 11.6 Å². The van der Waals surface area contributed by atoms with Crippen LogP contribution in [0.15, 0.2) is 18.2 Å². The highest BCUT2D eigenvalue weighted by molar-refractivity contribution is 6.18. The van der Waals surface area contributed by atoms with Gasteiger partial charge in [-0.05, 0) is 38.8 Å². The molecule has 17 heavy (non-hydrogen) atoms. The lowest BCUT2D eigenvalue weighted by atomic mass is 10.0. The van der Waals surface area contributed by atoms with Crippen LogP contribution in [0.25, 0.3) is 0 Å². The minimum Gasteiger partial charge on any atom is -0.295 e. The molecule has 1 aliphatic heterocycles. The fourth-order valence-electron chi connectivity index (χ4n) is 2.84. The second-order valence-corrected chi connectivity index (χ2v) is 5.58. The van der Waals surface area contributed by atoms with Gasteiger partial charge in [0.1, 0.15) is 0 Å². The molecule has 1 aliphatic rings. The topological polar surface area (TPSA) is 3.24 Å². The molecule has 0 N–H and O–H groups in total. The molecule has 1 aromatic rings. The van der Waals surface area contributed by atoms with Crippen molar-refractivity contribution in [1.82, 2.24) is 4.90 Å². The van der Waals surface area contributed by atoms with Gasteiger partial charge in [0.2, 0.25) is 0 Å². The van der Waals surface area contributed by atoms with Gasteiger partial charge in [-0.3, -0.25) is 4.90 Å². The Balaban J connectivity index is 2.08. The van der Waals surface area contributed by atoms with Gasteiger partial charge in [0.25, 0.3) is 0 Å². The minimum atomic E-state index is 0.575. The van der Waals surface area contributed by atoms with E-state index >= 15 is 0 Å². The first-order valence-electron chi connectivity index (χ1n) is 6.56. The minimum absolute atomic E-state index is 0.575. The SMILES string of the molecule is Cc1cc(C)cc(CN2CCCCC2CCl)c1. The van der Waals surface area contributed by atoms with E-state index in [9.17, 15) is 0 Å². The number of nitrogens with zero attached hydrogens (tertiary/aromatic N) is 1. The van der Waals surface area contributed by atoms with E-state index in [1.54, 1.807) is 0 Å². The molecule has 0 saturated carbocycles. The van der Waals surface area contributed by atoms with E-state index in [1.807, 2.05) is 0 Å². The molecular weight excluding hydrogens is 230 g/mol. The molecule has 1 fully saturated rings. The summed E-state index contributed by atoms with van der Waals surface area (Å²) in [4.78, 5) is 2.55. The molecule has 1 heterocycles. The van der Waals surface area contributed by atoms with Crippen molar-refractivity contribution in [2.45, 2.75) is 45.7 Å². The number of piperidine rings is 1. The molecule has 1 aromatic carbocycles. The number of alkyl halides is 1. The Morgan fingerprint density at radius 2 is 1.88 bits per heavy atom. The van der Waals surface area contributed by atoms with E-state index in [-0.39, 0.29) is 0 Å². The highest BCUT2D eigenvalue weighted by atomic mass is 35.5. The summed E-state index contributed by atoms with van der Waals surface area (Å²) in [6.07, 6.45) is 3.91. The number of hydrogen-bond donors (Lipinski definition) is 0. The summed E-state index contributed by atoms with van der Waals surface area (Å²) in [5, 5.41) is 0. The van der Waals surface area contributed by atoms with Gasteiger partial charge in [-0.25, -0.2) is 0 Å². The van der Waals surface area contributed by atoms with Gasteiger partial charge in [-0.1, -0.05) is 35.7 Å². The fourth-order valence-corrected chi connectivity index (χ4v) is 3.19. The van der Waals surface area contributed by atoms with Gasteiger partial charge < -0.3 is 0 Å². The number of hydrogen-bond acceptors (Lipinski definition) is 1. The van der Waals surface area contributed by atoms with Crippen LogP contribution in [0.1, 0.15) is 36.0 Å². The van der Waals surface area contributed by atoms with Crippen molar-refractivity contribution in [2.24, 2.45) is 0 Å². The quantitative estimate of drug-likeness (QED) is 0.737. The Morgan fingerprint density at radius 1 is 1.18 bits per heavy atom. The largest absolute Gasteiger partial charge is 0.295 e. The molecular formula is C15H22ClN. The fraction of sp³-hybridized carbons (Fsp3) is 0.600. The number of benzene rings is 1. The predicted molar refractivity (Wildman–Crippen MR) is 74.7 cm³/mol. The third-order valence-electron chi connectivity index (χ3n) is 3.59. The van der Waals surface area contributed by atoms with Crippen LogP contribution in [0, 0.1) is 13.8 Å². The van der Waals surface area contributed by atoms with Crippen molar-refractivity contribution in [3.05, 3.63) is 34.9 Å². The Hall–Kier alpha value is -0.530. The normalized spacial score (nSPS) is 21.7. The van der Waals surface area contributed by atoms with E-state index in [0.29, 0.717) is 6.04 Å². The number of halogens is 1. The molecule has 2 rings (SSSR count). The van der Waals surface area contributed by atoms with Crippen LogP contribution >= 0.6 is 11.6 Å². The van der Waals surface area contributed by atoms with Crippen molar-refractivity contribution in [3.63, 3.8) is 0 Å². The predicted octanol–water partition coefficient (Wildman–Crippen LogP) is 3.90. The van der Waals surface area contributed by atoms with Crippen molar-refractivity contribution in [2.75, 3.05) is 12.4 Å². The second kappa shape index (κ2) is 5.88. The monoisotopic (exact) mass is 251 g/mol. The molecule has 0 bridgehead atoms. The summed E-state index contributed by atoms with van der Waals surface area (Å²) in [5.74, 6) is 0.769. The van der Waals surface area contributed by atoms with E-state index in [0.717, 1.165) is 12.4 Å². The summed E-state index contributed by atoms with van der Waals surface area (Å²) in [6, 6.07) is 7.41. The van der Waals surface area contributed by atoms with Gasteiger partial charge in [0.15, 0.2) is 0 Å². The summed E-state index contributed by atoms with van der Waals surface area (Å²) < 4.78 is 0. The second-order valence-electron chi connectivity index (χ2n) is 5.27. The molecule has 1 nitrogen and oxygen atoms in total. The van der Waals surface area contributed by atoms with Crippen LogP contribution in [0.5, 0.6) is 0 Å². The lowest BCUT2D eigenvalue weighted by molar-refractivity contribution is 0.155. The first kappa shape index (κ1) is 12.9. The summed E-state index contributed by atoms with van der Waals surface area (Å²) >= 11 is 6.06. The summed E-state index contributed by atoms with van der Waals surface area (Å²) in [5.41, 5.74) is 4.15. The molecule has 0 spiro atoms. The average Bonchev–Trinajstić information content (AvgIpc) is 2.28. The molecule has 0 aliphatic carbocycles. The Bertz CT molecular complexity index is 355. The molecule has 94 valence electrons. The first-order chi connectivity index (χ1) is 8.19. The zero-order valence-electron chi connectivity index (χ0n) is 10.9. The number of aryl methyl sites for hydroxylation is 2. The molecule has 2 heteroatoms. The third kappa shape index (κ3) is 3.46. The van der Waals surface area contributed by atoms with Crippen LogP contribution < -0.4 is 0 Å². The van der Waals surface area contributed by atoms with Crippen LogP contribution in [-0.4, -0.2) is 23.4 Å². The summed E-state index contributed by atoms with van der Waals surface area (Å²) in [7, 11) is 0. The third-order valence-corrected chi connectivity index (χ3v) is 3.95. The maximum absolute atomic E-state index is 6.06. The van der Waals surface area contributed by atoms with Crippen molar-refractivity contribution in [3.8, 4) is 0 Å². The summed E-state index contributed by atoms with van der Waals surface area (Å²) in [6.45, 7) is 6.60. The van der Waals surface area contributed by atoms with Crippen LogP contribution in [0.3, 0.4) is 0 Å². The molecule has 0 radical (unpaired) electrons. The zero-order valence-corrected chi connectivity index (χ0v) is 11.6. The Labute approximate surface area is 110 Å². The maximum Gasteiger partial charge on any atom is 0.0379 e. The smallest absolute Gasteiger partial charge is 0.0379 e. The molecule has 1 saturated heterocycles. The first-order valence-corrected chi connectivity index (χ1v) is 7.09. The van der Waals surface area contributed by atoms with Gasteiger partial charge in [-0.2, -0.15) is 0 Å². The molecule has 0 aromatic heterocycles. The Kier molecular flexibility index (Phi) is 4.47. The molecule has 0 amide bonds. The van der Waals surface area contributed by atoms with Gasteiger partial charge >= 0.3 is 0 Å². The standard InChI is InChI=1S/C15H22ClN/c1-12-7-13(2)9-14(8-12)11-17-6-4-3-5-15(17)10-16/h7-9,15H,3-6,10-11H2,1-2H3. The van der Waals surface area contributed by atoms with Crippen LogP contribution in [0.2, 0.25) is 0 Å². The average molecular weight is 252 g/mol. The maximum atomic E-state index is 6.06. The Morgan fingerprint density at radius 3 is 2.53 bits per heavy atom. The van der Waals surface area contributed by atoms with Crippen molar-refractivity contribution in [1.29, 1.82) is 0 Å². The van der Waals surface area contributed by atoms with E-state index in [1.165, 1.54) is 42.5 Å². The van der Waals surface area contributed by atoms with Crippen LogP contribution in [-0.2, 0) is 6.54 Å². The highest BCUT2D eigenvalue weighted by Gasteiger charge is 2.21. The molecule has 1 unspecified atom stereocenters. The van der Waals surface area contributed by atoms with Crippen molar-refractivity contribution < 1.29 is 0 Å². The van der Waals surface area contributed by atoms with Gasteiger partial charge in [-0.15, -0.1) is 11.6 Å². The van der Waals surface area contributed by atoms with E-state index < -0.39 is 0 Å². The number of rotatable bonds is 3. The van der Waals surface area contributed by atoms with Crippen LogP contribution in [0.4, 0.5) is 0 Å². The van der Waals surface area contributed by atoms with Gasteiger partial charge in [0, 0.05) is 18.5 Å². The molecule has 1 atom stereocenters. The van der Waals surface area contributed by atoms with E-state index in [2.05, 4.69) is 36.9 Å². The lowest BCUT2D eigenvalue weighted by Gasteiger charge is -2.34. The van der Waals surface area contributed by atoms with Crippen molar-refractivity contribution >= 4 is 11.6 Å². The number of likely N-dealkylation sites (tertiary alicyclic amines) is 1. The highest BCUT2D eigenvalue weighted by Crippen LogP contribution is 2.21. The lowest BCUT2D eigenvalue weighted by Crippen LogP contribution is -2.40.